The molecule has 0 bridgehead atoms. The maximum atomic E-state index is 14.6. The molecule has 5 heteroatoms. The zero-order chi connectivity index (χ0) is 13.8. The van der Waals surface area contributed by atoms with Gasteiger partial charge < -0.3 is 19.5 Å². The van der Waals surface area contributed by atoms with Crippen LogP contribution in [0.15, 0.2) is 12.1 Å². The fraction of sp³-hybridized carbons (Fsp3) is 0.538. The van der Waals surface area contributed by atoms with Crippen LogP contribution in [0.3, 0.4) is 0 Å². The highest BCUT2D eigenvalue weighted by Gasteiger charge is 2.30. The van der Waals surface area contributed by atoms with Crippen molar-refractivity contribution in [2.45, 2.75) is 12.6 Å². The van der Waals surface area contributed by atoms with Gasteiger partial charge in [-0.15, -0.1) is 0 Å². The minimum absolute atomic E-state index is 0.179. The molecule has 1 rings (SSSR count). The summed E-state index contributed by atoms with van der Waals surface area (Å²) in [5.41, 5.74) is -1.13. The first kappa shape index (κ1) is 14.6. The van der Waals surface area contributed by atoms with E-state index in [9.17, 15) is 4.39 Å². The molecule has 18 heavy (non-hydrogen) atoms. The van der Waals surface area contributed by atoms with Gasteiger partial charge in [-0.05, 0) is 20.0 Å². The second-order valence-corrected chi connectivity index (χ2v) is 4.14. The zero-order valence-electron chi connectivity index (χ0n) is 11.5. The Kier molecular flexibility index (Phi) is 4.78. The number of nitrogens with one attached hydrogen (secondary N) is 1. The lowest BCUT2D eigenvalue weighted by molar-refractivity contribution is 0.183. The predicted octanol–water partition coefficient (Wildman–Crippen LogP) is 2.12. The molecule has 4 nitrogen and oxygen atoms in total. The van der Waals surface area contributed by atoms with Crippen molar-refractivity contribution in [3.05, 3.63) is 17.7 Å². The lowest BCUT2D eigenvalue weighted by atomic mass is 9.96. The molecule has 0 aliphatic rings. The van der Waals surface area contributed by atoms with Crippen LogP contribution in [-0.4, -0.2) is 34.9 Å². The average molecular weight is 257 g/mol. The number of rotatable bonds is 6. The molecule has 102 valence electrons. The topological polar surface area (TPSA) is 39.7 Å². The van der Waals surface area contributed by atoms with Crippen LogP contribution >= 0.6 is 0 Å². The van der Waals surface area contributed by atoms with E-state index in [0.717, 1.165) is 0 Å². The number of hydrogen-bond donors (Lipinski definition) is 1. The van der Waals surface area contributed by atoms with Gasteiger partial charge in [-0.2, -0.15) is 0 Å². The van der Waals surface area contributed by atoms with Gasteiger partial charge >= 0.3 is 0 Å². The lowest BCUT2D eigenvalue weighted by Crippen LogP contribution is -2.29. The van der Waals surface area contributed by atoms with Crippen LogP contribution in [0.4, 0.5) is 4.39 Å². The first-order valence-corrected chi connectivity index (χ1v) is 5.64. The van der Waals surface area contributed by atoms with Crippen LogP contribution in [0.5, 0.6) is 17.2 Å². The number of hydrogen-bond acceptors (Lipinski definition) is 4. The largest absolute Gasteiger partial charge is 0.496 e. The molecule has 0 radical (unpaired) electrons. The Balaban J connectivity index is 3.33. The molecule has 0 saturated carbocycles. The molecular formula is C13H20FNO3. The molecule has 0 heterocycles. The van der Waals surface area contributed by atoms with E-state index < -0.39 is 5.67 Å². The van der Waals surface area contributed by atoms with Gasteiger partial charge in [0.05, 0.1) is 21.3 Å². The van der Waals surface area contributed by atoms with Crippen molar-refractivity contribution in [1.82, 2.24) is 5.32 Å². The minimum Gasteiger partial charge on any atom is -0.496 e. The second-order valence-electron chi connectivity index (χ2n) is 4.14. The fourth-order valence-corrected chi connectivity index (χ4v) is 1.86. The van der Waals surface area contributed by atoms with Crippen molar-refractivity contribution in [2.75, 3.05) is 34.9 Å². The average Bonchev–Trinajstić information content (AvgIpc) is 2.36. The summed E-state index contributed by atoms with van der Waals surface area (Å²) in [6, 6.07) is 3.23. The molecular weight excluding hydrogens is 237 g/mol. The SMILES string of the molecule is CNCC(C)(F)c1cc(OC)c(OC)cc1OC. The number of alkyl halides is 1. The van der Waals surface area contributed by atoms with Crippen LogP contribution in [0.1, 0.15) is 12.5 Å². The number of methoxy groups -OCH3 is 3. The molecule has 0 spiro atoms. The molecule has 1 N–H and O–H groups in total. The van der Waals surface area contributed by atoms with Crippen molar-refractivity contribution in [2.24, 2.45) is 0 Å². The highest BCUT2D eigenvalue weighted by Crippen LogP contribution is 2.40. The highest BCUT2D eigenvalue weighted by atomic mass is 19.1. The summed E-state index contributed by atoms with van der Waals surface area (Å²) in [5, 5.41) is 2.82. The highest BCUT2D eigenvalue weighted by molar-refractivity contribution is 5.52. The quantitative estimate of drug-likeness (QED) is 0.847. The van der Waals surface area contributed by atoms with Gasteiger partial charge in [-0.25, -0.2) is 4.39 Å². The number of halogens is 1. The van der Waals surface area contributed by atoms with E-state index in [4.69, 9.17) is 14.2 Å². The standard InChI is InChI=1S/C13H20FNO3/c1-13(14,8-15-2)9-6-11(17-4)12(18-5)7-10(9)16-3/h6-7,15H,8H2,1-5H3. The lowest BCUT2D eigenvalue weighted by Gasteiger charge is -2.24. The smallest absolute Gasteiger partial charge is 0.164 e. The monoisotopic (exact) mass is 257 g/mol. The molecule has 0 fully saturated rings. The van der Waals surface area contributed by atoms with Gasteiger partial charge in [0, 0.05) is 18.2 Å². The third kappa shape index (κ3) is 2.85. The molecule has 0 aliphatic heterocycles. The third-order valence-electron chi connectivity index (χ3n) is 2.78. The predicted molar refractivity (Wildman–Crippen MR) is 68.5 cm³/mol. The van der Waals surface area contributed by atoms with Crippen molar-refractivity contribution in [3.63, 3.8) is 0 Å². The number of ether oxygens (including phenoxy) is 3. The summed E-state index contributed by atoms with van der Waals surface area (Å²) in [6.07, 6.45) is 0. The van der Waals surface area contributed by atoms with E-state index in [2.05, 4.69) is 5.32 Å². The van der Waals surface area contributed by atoms with Gasteiger partial charge in [-0.3, -0.25) is 0 Å². The summed E-state index contributed by atoms with van der Waals surface area (Å²) in [7, 11) is 6.24. The van der Waals surface area contributed by atoms with Gasteiger partial charge in [0.1, 0.15) is 11.4 Å². The summed E-state index contributed by atoms with van der Waals surface area (Å²) in [6.45, 7) is 1.67. The Morgan fingerprint density at radius 2 is 1.56 bits per heavy atom. The third-order valence-corrected chi connectivity index (χ3v) is 2.78. The Bertz CT molecular complexity index is 407. The Hall–Kier alpha value is -1.49. The van der Waals surface area contributed by atoms with E-state index in [-0.39, 0.29) is 6.54 Å². The Morgan fingerprint density at radius 1 is 1.06 bits per heavy atom. The second kappa shape index (κ2) is 5.91. The fourth-order valence-electron chi connectivity index (χ4n) is 1.86. The van der Waals surface area contributed by atoms with Crippen LogP contribution in [0, 0.1) is 0 Å². The molecule has 1 aromatic carbocycles. The molecule has 0 aromatic heterocycles. The first-order valence-electron chi connectivity index (χ1n) is 5.64. The molecule has 0 saturated heterocycles. The van der Waals surface area contributed by atoms with Gasteiger partial charge in [-0.1, -0.05) is 0 Å². The molecule has 0 aliphatic carbocycles. The van der Waals surface area contributed by atoms with Crippen molar-refractivity contribution < 1.29 is 18.6 Å². The van der Waals surface area contributed by atoms with Crippen LogP contribution in [-0.2, 0) is 5.67 Å². The summed E-state index contributed by atoms with van der Waals surface area (Å²) in [4.78, 5) is 0. The maximum Gasteiger partial charge on any atom is 0.164 e. The van der Waals surface area contributed by atoms with E-state index in [1.807, 2.05) is 0 Å². The van der Waals surface area contributed by atoms with Crippen molar-refractivity contribution in [1.29, 1.82) is 0 Å². The maximum absolute atomic E-state index is 14.6. The summed E-state index contributed by atoms with van der Waals surface area (Å²) >= 11 is 0. The van der Waals surface area contributed by atoms with Crippen LogP contribution in [0.25, 0.3) is 0 Å². The Labute approximate surface area is 107 Å². The van der Waals surface area contributed by atoms with Gasteiger partial charge in [0.15, 0.2) is 11.5 Å². The van der Waals surface area contributed by atoms with Gasteiger partial charge in [0.2, 0.25) is 0 Å². The van der Waals surface area contributed by atoms with E-state index >= 15 is 0 Å². The minimum atomic E-state index is -1.56. The first-order chi connectivity index (χ1) is 8.50. The summed E-state index contributed by atoms with van der Waals surface area (Å²) < 4.78 is 30.1. The van der Waals surface area contributed by atoms with Crippen LogP contribution < -0.4 is 19.5 Å². The van der Waals surface area contributed by atoms with E-state index in [1.54, 1.807) is 19.2 Å². The Morgan fingerprint density at radius 3 is 2.00 bits per heavy atom. The number of benzene rings is 1. The molecule has 0 amide bonds. The zero-order valence-corrected chi connectivity index (χ0v) is 11.5. The van der Waals surface area contributed by atoms with Crippen LogP contribution in [0.2, 0.25) is 0 Å². The molecule has 1 aromatic rings. The van der Waals surface area contributed by atoms with Crippen molar-refractivity contribution in [3.8, 4) is 17.2 Å². The van der Waals surface area contributed by atoms with Crippen molar-refractivity contribution >= 4 is 0 Å². The van der Waals surface area contributed by atoms with E-state index in [1.165, 1.54) is 28.3 Å². The van der Waals surface area contributed by atoms with E-state index in [0.29, 0.717) is 22.8 Å². The normalized spacial score (nSPS) is 13.9. The number of likely N-dealkylation sites (N-methyl/N-ethyl adjacent to an activating group) is 1. The summed E-state index contributed by atoms with van der Waals surface area (Å²) in [5.74, 6) is 1.43. The van der Waals surface area contributed by atoms with Gasteiger partial charge in [0.25, 0.3) is 0 Å². The molecule has 1 atom stereocenters. The molecule has 1 unspecified atom stereocenters.